The Morgan fingerprint density at radius 2 is 2.07 bits per heavy atom. The standard InChI is InChI=1S/C8H13BrO4S/c1-6(2)14(11,12)5-4-13-8(10)7(3)9/h7H,1,4-5H2,2-3H3. The van der Waals surface area contributed by atoms with Gasteiger partial charge in [0.15, 0.2) is 9.84 Å². The second-order valence-corrected chi connectivity index (χ2v) is 6.51. The highest BCUT2D eigenvalue weighted by Crippen LogP contribution is 2.04. The molecule has 82 valence electrons. The normalized spacial score (nSPS) is 13.4. The molecule has 0 amide bonds. The fourth-order valence-electron chi connectivity index (χ4n) is 0.541. The lowest BCUT2D eigenvalue weighted by molar-refractivity contribution is -0.141. The van der Waals surface area contributed by atoms with E-state index in [4.69, 9.17) is 0 Å². The van der Waals surface area contributed by atoms with E-state index in [0.29, 0.717) is 0 Å². The Balaban J connectivity index is 3.99. The molecule has 0 saturated carbocycles. The molecule has 4 nitrogen and oxygen atoms in total. The number of hydrogen-bond acceptors (Lipinski definition) is 4. The second-order valence-electron chi connectivity index (χ2n) is 2.80. The Labute approximate surface area is 92.4 Å². The Kier molecular flexibility index (Phi) is 5.36. The zero-order valence-corrected chi connectivity index (χ0v) is 10.5. The van der Waals surface area contributed by atoms with Crippen LogP contribution in [-0.4, -0.2) is 31.6 Å². The molecule has 1 unspecified atom stereocenters. The molecule has 0 aliphatic carbocycles. The van der Waals surface area contributed by atoms with Crippen LogP contribution in [0, 0.1) is 0 Å². The van der Waals surface area contributed by atoms with Crippen LogP contribution in [0.2, 0.25) is 0 Å². The maximum absolute atomic E-state index is 11.2. The summed E-state index contributed by atoms with van der Waals surface area (Å²) in [5.41, 5.74) is 0. The van der Waals surface area contributed by atoms with Crippen LogP contribution in [-0.2, 0) is 19.4 Å². The van der Waals surface area contributed by atoms with E-state index in [9.17, 15) is 13.2 Å². The van der Waals surface area contributed by atoms with Crippen LogP contribution in [0.3, 0.4) is 0 Å². The zero-order chi connectivity index (χ0) is 11.4. The molecule has 14 heavy (non-hydrogen) atoms. The van der Waals surface area contributed by atoms with Gasteiger partial charge in [-0.15, -0.1) is 0 Å². The summed E-state index contributed by atoms with van der Waals surface area (Å²) < 4.78 is 27.0. The quantitative estimate of drug-likeness (QED) is 0.563. The van der Waals surface area contributed by atoms with Gasteiger partial charge in [0.25, 0.3) is 0 Å². The minimum Gasteiger partial charge on any atom is -0.464 e. The summed E-state index contributed by atoms with van der Waals surface area (Å²) in [5, 5.41) is 0. The van der Waals surface area contributed by atoms with Crippen molar-refractivity contribution in [1.29, 1.82) is 0 Å². The summed E-state index contributed by atoms with van der Waals surface area (Å²) in [7, 11) is -3.31. The first-order valence-electron chi connectivity index (χ1n) is 3.96. The SMILES string of the molecule is C=C(C)S(=O)(=O)CCOC(=O)C(C)Br. The first kappa shape index (κ1) is 13.6. The van der Waals surface area contributed by atoms with Crippen molar-refractivity contribution in [3.05, 3.63) is 11.5 Å². The van der Waals surface area contributed by atoms with Gasteiger partial charge in [-0.05, 0) is 13.8 Å². The number of carbonyl (C=O) groups is 1. The topological polar surface area (TPSA) is 60.4 Å². The number of allylic oxidation sites excluding steroid dienone is 1. The number of carbonyl (C=O) groups excluding carboxylic acids is 1. The number of sulfone groups is 1. The van der Waals surface area contributed by atoms with Gasteiger partial charge in [-0.1, -0.05) is 22.5 Å². The zero-order valence-electron chi connectivity index (χ0n) is 8.12. The Hall–Kier alpha value is -0.360. The first-order chi connectivity index (χ1) is 6.27. The average molecular weight is 285 g/mol. The van der Waals surface area contributed by atoms with E-state index in [1.54, 1.807) is 6.92 Å². The molecule has 0 bridgehead atoms. The lowest BCUT2D eigenvalue weighted by Crippen LogP contribution is -2.19. The van der Waals surface area contributed by atoms with E-state index in [2.05, 4.69) is 27.2 Å². The van der Waals surface area contributed by atoms with Crippen LogP contribution in [0.4, 0.5) is 0 Å². The summed E-state index contributed by atoms with van der Waals surface area (Å²) in [5.74, 6) is -0.685. The Morgan fingerprint density at radius 3 is 2.43 bits per heavy atom. The van der Waals surface area contributed by atoms with Gasteiger partial charge in [0.2, 0.25) is 0 Å². The smallest absolute Gasteiger partial charge is 0.319 e. The van der Waals surface area contributed by atoms with Crippen molar-refractivity contribution in [3.63, 3.8) is 0 Å². The first-order valence-corrected chi connectivity index (χ1v) is 6.53. The lowest BCUT2D eigenvalue weighted by atomic mass is 10.5. The fraction of sp³-hybridized carbons (Fsp3) is 0.625. The van der Waals surface area contributed by atoms with E-state index >= 15 is 0 Å². The van der Waals surface area contributed by atoms with Crippen LogP contribution in [0.25, 0.3) is 0 Å². The molecular weight excluding hydrogens is 272 g/mol. The molecule has 6 heteroatoms. The molecule has 0 spiro atoms. The highest BCUT2D eigenvalue weighted by atomic mass is 79.9. The number of esters is 1. The summed E-state index contributed by atoms with van der Waals surface area (Å²) in [4.78, 5) is 10.6. The molecule has 0 aliphatic heterocycles. The molecule has 0 aliphatic rings. The number of rotatable bonds is 5. The summed E-state index contributed by atoms with van der Waals surface area (Å²) in [6.45, 7) is 6.20. The molecule has 0 radical (unpaired) electrons. The molecule has 0 N–H and O–H groups in total. The minimum absolute atomic E-state index is 0.0837. The van der Waals surface area contributed by atoms with Crippen LogP contribution < -0.4 is 0 Å². The van der Waals surface area contributed by atoms with Crippen molar-refractivity contribution in [2.45, 2.75) is 18.7 Å². The highest BCUT2D eigenvalue weighted by Gasteiger charge is 2.14. The van der Waals surface area contributed by atoms with E-state index in [1.165, 1.54) is 6.92 Å². The largest absolute Gasteiger partial charge is 0.464 e. The molecule has 0 heterocycles. The lowest BCUT2D eigenvalue weighted by Gasteiger charge is -2.06. The van der Waals surface area contributed by atoms with E-state index in [1.807, 2.05) is 0 Å². The van der Waals surface area contributed by atoms with Crippen molar-refractivity contribution in [3.8, 4) is 0 Å². The van der Waals surface area contributed by atoms with Crippen molar-refractivity contribution in [2.24, 2.45) is 0 Å². The van der Waals surface area contributed by atoms with Crippen molar-refractivity contribution < 1.29 is 17.9 Å². The Morgan fingerprint density at radius 1 is 1.57 bits per heavy atom. The third kappa shape index (κ3) is 4.76. The third-order valence-corrected chi connectivity index (χ3v) is 3.59. The van der Waals surface area contributed by atoms with Gasteiger partial charge < -0.3 is 4.74 Å². The maximum atomic E-state index is 11.2. The number of hydrogen-bond donors (Lipinski definition) is 0. The molecule has 0 fully saturated rings. The second kappa shape index (κ2) is 5.50. The summed E-state index contributed by atoms with van der Waals surface area (Å²) in [6, 6.07) is 0. The average Bonchev–Trinajstić information content (AvgIpc) is 2.03. The molecular formula is C8H13BrO4S. The van der Waals surface area contributed by atoms with Gasteiger partial charge in [-0.2, -0.15) is 0 Å². The van der Waals surface area contributed by atoms with E-state index in [-0.39, 0.29) is 17.3 Å². The van der Waals surface area contributed by atoms with Crippen molar-refractivity contribution in [2.75, 3.05) is 12.4 Å². The predicted molar refractivity (Wildman–Crippen MR) is 57.9 cm³/mol. The highest BCUT2D eigenvalue weighted by molar-refractivity contribution is 9.10. The van der Waals surface area contributed by atoms with Gasteiger partial charge in [-0.3, -0.25) is 4.79 Å². The monoisotopic (exact) mass is 284 g/mol. The summed E-state index contributed by atoms with van der Waals surface area (Å²) >= 11 is 3.01. The van der Waals surface area contributed by atoms with Crippen LogP contribution in [0.5, 0.6) is 0 Å². The van der Waals surface area contributed by atoms with E-state index < -0.39 is 20.6 Å². The third-order valence-electron chi connectivity index (χ3n) is 1.45. The van der Waals surface area contributed by atoms with Crippen LogP contribution >= 0.6 is 15.9 Å². The predicted octanol–water partition coefficient (Wildman–Crippen LogP) is 1.26. The number of halogens is 1. The van der Waals surface area contributed by atoms with Gasteiger partial charge >= 0.3 is 5.97 Å². The molecule has 0 saturated heterocycles. The number of alkyl halides is 1. The van der Waals surface area contributed by atoms with Crippen molar-refractivity contribution >= 4 is 31.7 Å². The number of ether oxygens (including phenoxy) is 1. The molecule has 0 rings (SSSR count). The van der Waals surface area contributed by atoms with Crippen LogP contribution in [0.1, 0.15) is 13.8 Å². The van der Waals surface area contributed by atoms with E-state index in [0.717, 1.165) is 0 Å². The molecule has 0 aromatic heterocycles. The van der Waals surface area contributed by atoms with Crippen LogP contribution in [0.15, 0.2) is 11.5 Å². The molecule has 0 aromatic carbocycles. The van der Waals surface area contributed by atoms with Crippen molar-refractivity contribution in [1.82, 2.24) is 0 Å². The maximum Gasteiger partial charge on any atom is 0.319 e. The van der Waals surface area contributed by atoms with Gasteiger partial charge in [0, 0.05) is 4.91 Å². The molecule has 1 atom stereocenters. The van der Waals surface area contributed by atoms with Gasteiger partial charge in [-0.25, -0.2) is 8.42 Å². The molecule has 0 aromatic rings. The Bertz CT molecular complexity index is 318. The summed E-state index contributed by atoms with van der Waals surface area (Å²) in [6.07, 6.45) is 0. The fourth-order valence-corrected chi connectivity index (χ4v) is 1.32. The van der Waals surface area contributed by atoms with Gasteiger partial charge in [0.05, 0.1) is 5.75 Å². The van der Waals surface area contributed by atoms with Gasteiger partial charge in [0.1, 0.15) is 11.4 Å². The minimum atomic E-state index is -3.31.